The predicted octanol–water partition coefficient (Wildman–Crippen LogP) is 4.01. The Kier molecular flexibility index (Phi) is 5.98. The minimum absolute atomic E-state index is 0.351. The topological polar surface area (TPSA) is 81.9 Å². The van der Waals surface area contributed by atoms with Gasteiger partial charge in [-0.05, 0) is 64.8 Å². The Hall–Kier alpha value is -2.94. The molecule has 2 aliphatic rings. The number of aromatic nitrogens is 4. The first kappa shape index (κ1) is 23.5. The minimum Gasteiger partial charge on any atom is -0.390 e. The molecule has 0 atom stereocenters. The lowest BCUT2D eigenvalue weighted by Crippen LogP contribution is -2.41. The molecule has 6 rings (SSSR count). The van der Waals surface area contributed by atoms with E-state index in [4.69, 9.17) is 14.8 Å². The molecule has 190 valence electrons. The number of ether oxygens (including phenoxy) is 1. The number of hydrogen-bond donors (Lipinski definition) is 2. The first-order chi connectivity index (χ1) is 17.4. The monoisotopic (exact) mass is 488 g/mol. The number of aryl methyl sites for hydroxylation is 1. The molecule has 8 heteroatoms. The molecule has 2 fully saturated rings. The highest BCUT2D eigenvalue weighted by molar-refractivity contribution is 5.94. The van der Waals surface area contributed by atoms with Crippen molar-refractivity contribution in [1.29, 1.82) is 0 Å². The van der Waals surface area contributed by atoms with Crippen LogP contribution in [0, 0.1) is 12.8 Å². The normalized spacial score (nSPS) is 18.5. The smallest absolute Gasteiger partial charge is 0.161 e. The summed E-state index contributed by atoms with van der Waals surface area (Å²) < 4.78 is 7.68. The van der Waals surface area contributed by atoms with Gasteiger partial charge < -0.3 is 19.7 Å². The molecule has 0 aliphatic carbocycles. The fourth-order valence-electron chi connectivity index (χ4n) is 5.78. The Labute approximate surface area is 211 Å². The predicted molar refractivity (Wildman–Crippen MR) is 142 cm³/mol. The maximum Gasteiger partial charge on any atom is 0.161 e. The molecule has 0 unspecified atom stereocenters. The van der Waals surface area contributed by atoms with E-state index in [0.717, 1.165) is 98.3 Å². The Morgan fingerprint density at radius 1 is 1.11 bits per heavy atom. The second-order valence-corrected chi connectivity index (χ2v) is 10.9. The van der Waals surface area contributed by atoms with Crippen LogP contribution in [0.1, 0.15) is 37.9 Å². The van der Waals surface area contributed by atoms with Crippen LogP contribution in [0.3, 0.4) is 0 Å². The van der Waals surface area contributed by atoms with Gasteiger partial charge in [0.05, 0.1) is 30.2 Å². The van der Waals surface area contributed by atoms with Crippen molar-refractivity contribution >= 4 is 22.4 Å². The molecule has 36 heavy (non-hydrogen) atoms. The van der Waals surface area contributed by atoms with Crippen LogP contribution in [0.5, 0.6) is 0 Å². The van der Waals surface area contributed by atoms with E-state index in [1.165, 1.54) is 5.39 Å². The summed E-state index contributed by atoms with van der Waals surface area (Å²) in [6.45, 7) is 11.9. The van der Waals surface area contributed by atoms with Gasteiger partial charge in [0.25, 0.3) is 0 Å². The number of benzene rings is 1. The zero-order valence-corrected chi connectivity index (χ0v) is 21.5. The lowest BCUT2D eigenvalue weighted by atomic mass is 9.83. The van der Waals surface area contributed by atoms with E-state index in [-0.39, 0.29) is 0 Å². The standard InChI is InChI=1S/C28H36N6O2/c1-19-25(18-32-11-8-20(9-12-32)28(2,3)35)31-34-26(33-13-15-36-16-14-33)17-24(30-27(19)34)21-5-4-6-23-22(21)7-10-29-23/h4-7,10,17,20,29,35H,8-9,11-16,18H2,1-3H3. The van der Waals surface area contributed by atoms with Crippen LogP contribution >= 0.6 is 0 Å². The van der Waals surface area contributed by atoms with Gasteiger partial charge in [0, 0.05) is 53.9 Å². The van der Waals surface area contributed by atoms with E-state index in [1.807, 2.05) is 24.6 Å². The van der Waals surface area contributed by atoms with Gasteiger partial charge in [-0.3, -0.25) is 4.90 Å². The van der Waals surface area contributed by atoms with E-state index in [1.54, 1.807) is 0 Å². The third-order valence-corrected chi connectivity index (χ3v) is 8.06. The molecule has 1 aromatic carbocycles. The highest BCUT2D eigenvalue weighted by Crippen LogP contribution is 2.33. The Morgan fingerprint density at radius 3 is 2.64 bits per heavy atom. The summed E-state index contributed by atoms with van der Waals surface area (Å²) in [6, 6.07) is 10.6. The number of morpholine rings is 1. The summed E-state index contributed by atoms with van der Waals surface area (Å²) in [7, 11) is 0. The average molecular weight is 489 g/mol. The summed E-state index contributed by atoms with van der Waals surface area (Å²) in [4.78, 5) is 13.3. The lowest BCUT2D eigenvalue weighted by Gasteiger charge is -2.37. The Bertz CT molecular complexity index is 1370. The molecule has 0 spiro atoms. The van der Waals surface area contributed by atoms with Crippen LogP contribution in [0.4, 0.5) is 5.82 Å². The number of likely N-dealkylation sites (tertiary alicyclic amines) is 1. The number of rotatable bonds is 5. The van der Waals surface area contributed by atoms with Gasteiger partial charge in [0.15, 0.2) is 5.65 Å². The number of fused-ring (bicyclic) bond motifs is 2. The number of piperidine rings is 1. The van der Waals surface area contributed by atoms with E-state index in [0.29, 0.717) is 5.92 Å². The van der Waals surface area contributed by atoms with Crippen LogP contribution < -0.4 is 4.90 Å². The second-order valence-electron chi connectivity index (χ2n) is 10.9. The molecule has 4 aromatic rings. The summed E-state index contributed by atoms with van der Waals surface area (Å²) in [5.74, 6) is 1.42. The van der Waals surface area contributed by atoms with Crippen molar-refractivity contribution in [1.82, 2.24) is 24.5 Å². The average Bonchev–Trinajstić information content (AvgIpc) is 3.49. The third kappa shape index (κ3) is 4.27. The quantitative estimate of drug-likeness (QED) is 0.442. The van der Waals surface area contributed by atoms with E-state index in [9.17, 15) is 5.11 Å². The summed E-state index contributed by atoms with van der Waals surface area (Å²) in [5.41, 5.74) is 5.73. The van der Waals surface area contributed by atoms with Gasteiger partial charge in [-0.2, -0.15) is 9.61 Å². The molecule has 2 saturated heterocycles. The Balaban J connectivity index is 1.39. The molecular weight excluding hydrogens is 452 g/mol. The van der Waals surface area contributed by atoms with Crippen molar-refractivity contribution in [2.24, 2.45) is 5.92 Å². The molecule has 0 bridgehead atoms. The number of hydrogen-bond acceptors (Lipinski definition) is 6. The molecule has 2 aliphatic heterocycles. The molecule has 0 saturated carbocycles. The zero-order chi connectivity index (χ0) is 24.9. The second kappa shape index (κ2) is 9.18. The highest BCUT2D eigenvalue weighted by atomic mass is 16.5. The van der Waals surface area contributed by atoms with Crippen LogP contribution in [-0.2, 0) is 11.3 Å². The number of anilines is 1. The van der Waals surface area contributed by atoms with Gasteiger partial charge in [-0.15, -0.1) is 0 Å². The van der Waals surface area contributed by atoms with Gasteiger partial charge in [0.2, 0.25) is 0 Å². The summed E-state index contributed by atoms with van der Waals surface area (Å²) >= 11 is 0. The van der Waals surface area contributed by atoms with E-state index < -0.39 is 5.60 Å². The first-order valence-electron chi connectivity index (χ1n) is 13.1. The molecular formula is C28H36N6O2. The summed E-state index contributed by atoms with van der Waals surface area (Å²) in [6.07, 6.45) is 4.01. The van der Waals surface area contributed by atoms with Crippen molar-refractivity contribution in [3.8, 4) is 11.3 Å². The fraction of sp³-hybridized carbons (Fsp3) is 0.500. The van der Waals surface area contributed by atoms with Gasteiger partial charge >= 0.3 is 0 Å². The fourth-order valence-corrected chi connectivity index (χ4v) is 5.78. The molecule has 5 heterocycles. The number of nitrogens with one attached hydrogen (secondary N) is 1. The number of nitrogens with zero attached hydrogens (tertiary/aromatic N) is 5. The van der Waals surface area contributed by atoms with E-state index in [2.05, 4.69) is 52.0 Å². The summed E-state index contributed by atoms with van der Waals surface area (Å²) in [5, 5.41) is 16.7. The van der Waals surface area contributed by atoms with Crippen LogP contribution in [0.15, 0.2) is 36.5 Å². The highest BCUT2D eigenvalue weighted by Gasteiger charge is 2.31. The maximum absolute atomic E-state index is 10.4. The minimum atomic E-state index is -0.610. The van der Waals surface area contributed by atoms with Gasteiger partial charge in [-0.1, -0.05) is 12.1 Å². The number of H-pyrrole nitrogens is 1. The number of aliphatic hydroxyl groups is 1. The molecule has 2 N–H and O–H groups in total. The largest absolute Gasteiger partial charge is 0.390 e. The zero-order valence-electron chi connectivity index (χ0n) is 21.5. The van der Waals surface area contributed by atoms with E-state index >= 15 is 0 Å². The first-order valence-corrected chi connectivity index (χ1v) is 13.1. The Morgan fingerprint density at radius 2 is 1.89 bits per heavy atom. The third-order valence-electron chi connectivity index (χ3n) is 8.06. The van der Waals surface area contributed by atoms with Crippen molar-refractivity contribution < 1.29 is 9.84 Å². The maximum atomic E-state index is 10.4. The molecule has 8 nitrogen and oxygen atoms in total. The van der Waals surface area contributed by atoms with Crippen LogP contribution in [-0.4, -0.2) is 74.6 Å². The van der Waals surface area contributed by atoms with Crippen molar-refractivity contribution in [2.45, 2.75) is 45.8 Å². The van der Waals surface area contributed by atoms with Gasteiger partial charge in [-0.25, -0.2) is 4.98 Å². The van der Waals surface area contributed by atoms with Crippen molar-refractivity contribution in [2.75, 3.05) is 44.3 Å². The molecule has 0 amide bonds. The lowest BCUT2D eigenvalue weighted by molar-refractivity contribution is -0.0137. The molecule has 0 radical (unpaired) electrons. The van der Waals surface area contributed by atoms with Crippen molar-refractivity contribution in [3.63, 3.8) is 0 Å². The van der Waals surface area contributed by atoms with Gasteiger partial charge in [0.1, 0.15) is 5.82 Å². The SMILES string of the molecule is Cc1c(CN2CCC(C(C)(C)O)CC2)nn2c(N3CCOCC3)cc(-c3cccc4[nH]ccc34)nc12. The van der Waals surface area contributed by atoms with Crippen LogP contribution in [0.2, 0.25) is 0 Å². The van der Waals surface area contributed by atoms with Crippen molar-refractivity contribution in [3.05, 3.63) is 47.8 Å². The number of aromatic amines is 1. The molecule has 3 aromatic heterocycles. The van der Waals surface area contributed by atoms with Crippen LogP contribution in [0.25, 0.3) is 27.8 Å².